The number of aliphatic imine (C=N–C) groups is 1. The summed E-state index contributed by atoms with van der Waals surface area (Å²) in [6.45, 7) is 1.55. The SMILES string of the molecule is COc1cc(C#N)ccc1-c1c(Cl)cnc2ccc(C(=O)N=C(C)N)cc12. The number of nitrogens with two attached hydrogens (primary N) is 1. The van der Waals surface area contributed by atoms with Crippen LogP contribution in [-0.2, 0) is 0 Å². The molecule has 1 heterocycles. The second kappa shape index (κ2) is 7.44. The number of benzene rings is 2. The molecule has 0 aliphatic rings. The summed E-state index contributed by atoms with van der Waals surface area (Å²) in [7, 11) is 1.52. The van der Waals surface area contributed by atoms with Gasteiger partial charge in [0, 0.05) is 28.3 Å². The summed E-state index contributed by atoms with van der Waals surface area (Å²) in [5.74, 6) is 0.226. The number of fused-ring (bicyclic) bond motifs is 1. The number of hydrogen-bond acceptors (Lipinski definition) is 4. The molecule has 3 aromatic rings. The summed E-state index contributed by atoms with van der Waals surface area (Å²) >= 11 is 6.44. The van der Waals surface area contributed by atoms with Crippen molar-refractivity contribution in [1.29, 1.82) is 5.26 Å². The number of amidine groups is 1. The fourth-order valence-corrected chi connectivity index (χ4v) is 3.02. The van der Waals surface area contributed by atoms with Gasteiger partial charge in [0.15, 0.2) is 0 Å². The van der Waals surface area contributed by atoms with Crippen molar-refractivity contribution in [1.82, 2.24) is 4.98 Å². The van der Waals surface area contributed by atoms with Crippen molar-refractivity contribution in [3.8, 4) is 22.9 Å². The van der Waals surface area contributed by atoms with E-state index in [-0.39, 0.29) is 5.84 Å². The molecule has 0 atom stereocenters. The predicted octanol–water partition coefficient (Wildman–Crippen LogP) is 3.95. The van der Waals surface area contributed by atoms with Crippen molar-refractivity contribution in [3.05, 3.63) is 58.7 Å². The lowest BCUT2D eigenvalue weighted by Gasteiger charge is -2.13. The number of amides is 1. The summed E-state index contributed by atoms with van der Waals surface area (Å²) in [6, 6.07) is 12.2. The maximum absolute atomic E-state index is 12.3. The van der Waals surface area contributed by atoms with E-state index < -0.39 is 5.91 Å². The van der Waals surface area contributed by atoms with Crippen LogP contribution in [0, 0.1) is 11.3 Å². The van der Waals surface area contributed by atoms with E-state index >= 15 is 0 Å². The van der Waals surface area contributed by atoms with Crippen LogP contribution < -0.4 is 10.5 Å². The molecule has 1 aromatic heterocycles. The van der Waals surface area contributed by atoms with Crippen LogP contribution in [0.2, 0.25) is 5.02 Å². The molecule has 0 saturated carbocycles. The van der Waals surface area contributed by atoms with Gasteiger partial charge in [-0.3, -0.25) is 9.78 Å². The van der Waals surface area contributed by atoms with Gasteiger partial charge in [-0.2, -0.15) is 10.3 Å². The highest BCUT2D eigenvalue weighted by molar-refractivity contribution is 6.35. The van der Waals surface area contributed by atoms with Crippen LogP contribution >= 0.6 is 11.6 Å². The molecule has 0 aliphatic carbocycles. The van der Waals surface area contributed by atoms with E-state index in [1.807, 2.05) is 0 Å². The molecule has 0 saturated heterocycles. The first-order chi connectivity index (χ1) is 12.9. The van der Waals surface area contributed by atoms with Gasteiger partial charge in [-0.15, -0.1) is 0 Å². The number of nitriles is 1. The first-order valence-electron chi connectivity index (χ1n) is 7.96. The molecule has 0 fully saturated rings. The van der Waals surface area contributed by atoms with E-state index in [0.717, 1.165) is 0 Å². The third-order valence-electron chi connectivity index (χ3n) is 3.95. The number of aromatic nitrogens is 1. The molecule has 2 N–H and O–H groups in total. The molecule has 0 radical (unpaired) electrons. The van der Waals surface area contributed by atoms with Crippen LogP contribution in [0.4, 0.5) is 0 Å². The third kappa shape index (κ3) is 3.59. The molecule has 6 nitrogen and oxygen atoms in total. The molecule has 0 unspecified atom stereocenters. The van der Waals surface area contributed by atoms with Crippen molar-refractivity contribution in [3.63, 3.8) is 0 Å². The molecular weight excluding hydrogens is 364 g/mol. The summed E-state index contributed by atoms with van der Waals surface area (Å²) in [5.41, 5.74) is 8.35. The number of nitrogens with zero attached hydrogens (tertiary/aromatic N) is 3. The van der Waals surface area contributed by atoms with Crippen LogP contribution in [0.5, 0.6) is 5.75 Å². The Kier molecular flexibility index (Phi) is 5.06. The van der Waals surface area contributed by atoms with E-state index in [2.05, 4.69) is 16.0 Å². The van der Waals surface area contributed by atoms with Crippen LogP contribution in [0.25, 0.3) is 22.0 Å². The van der Waals surface area contributed by atoms with Gasteiger partial charge in [-0.25, -0.2) is 0 Å². The Morgan fingerprint density at radius 1 is 1.30 bits per heavy atom. The Morgan fingerprint density at radius 2 is 2.07 bits per heavy atom. The Balaban J connectivity index is 2.30. The van der Waals surface area contributed by atoms with Gasteiger partial charge in [0.25, 0.3) is 5.91 Å². The lowest BCUT2D eigenvalue weighted by molar-refractivity contribution is 0.100. The van der Waals surface area contributed by atoms with Crippen molar-refractivity contribution >= 4 is 34.2 Å². The van der Waals surface area contributed by atoms with Crippen LogP contribution in [0.1, 0.15) is 22.8 Å². The average molecular weight is 379 g/mol. The molecular formula is C20H15ClN4O2. The molecule has 3 rings (SSSR count). The minimum absolute atomic E-state index is 0.179. The molecule has 134 valence electrons. The lowest BCUT2D eigenvalue weighted by atomic mass is 9.97. The minimum atomic E-state index is -0.449. The Bertz CT molecular complexity index is 1130. The van der Waals surface area contributed by atoms with Crippen molar-refractivity contribution in [2.75, 3.05) is 7.11 Å². The van der Waals surface area contributed by atoms with E-state index in [4.69, 9.17) is 27.3 Å². The maximum atomic E-state index is 12.3. The van der Waals surface area contributed by atoms with Gasteiger partial charge >= 0.3 is 0 Å². The molecule has 7 heteroatoms. The topological polar surface area (TPSA) is 101 Å². The van der Waals surface area contributed by atoms with Crippen molar-refractivity contribution < 1.29 is 9.53 Å². The van der Waals surface area contributed by atoms with E-state index in [1.54, 1.807) is 49.5 Å². The zero-order valence-electron chi connectivity index (χ0n) is 14.7. The lowest BCUT2D eigenvalue weighted by Crippen LogP contribution is -2.09. The minimum Gasteiger partial charge on any atom is -0.496 e. The van der Waals surface area contributed by atoms with Crippen molar-refractivity contribution in [2.45, 2.75) is 6.92 Å². The van der Waals surface area contributed by atoms with E-state index in [0.29, 0.717) is 43.9 Å². The van der Waals surface area contributed by atoms with Gasteiger partial charge in [-0.1, -0.05) is 11.6 Å². The van der Waals surface area contributed by atoms with Gasteiger partial charge in [0.2, 0.25) is 0 Å². The highest BCUT2D eigenvalue weighted by atomic mass is 35.5. The number of methoxy groups -OCH3 is 1. The second-order valence-corrected chi connectivity index (χ2v) is 6.21. The monoisotopic (exact) mass is 378 g/mol. The number of carbonyl (C=O) groups excluding carboxylic acids is 1. The number of rotatable bonds is 3. The summed E-state index contributed by atoms with van der Waals surface area (Å²) in [5, 5.41) is 10.2. The summed E-state index contributed by atoms with van der Waals surface area (Å²) < 4.78 is 5.44. The Labute approximate surface area is 160 Å². The van der Waals surface area contributed by atoms with Crippen molar-refractivity contribution in [2.24, 2.45) is 10.7 Å². The number of halogens is 1. The number of pyridine rings is 1. The Morgan fingerprint density at radius 3 is 2.74 bits per heavy atom. The Hall–Kier alpha value is -3.43. The second-order valence-electron chi connectivity index (χ2n) is 5.80. The quantitative estimate of drug-likeness (QED) is 0.549. The summed E-state index contributed by atoms with van der Waals surface area (Å²) in [6.07, 6.45) is 1.54. The summed E-state index contributed by atoms with van der Waals surface area (Å²) in [4.78, 5) is 20.4. The van der Waals surface area contributed by atoms with Crippen LogP contribution in [0.15, 0.2) is 47.6 Å². The molecule has 0 aliphatic heterocycles. The first-order valence-corrected chi connectivity index (χ1v) is 8.34. The standard InChI is InChI=1S/C20H15ClN4O2/c1-11(23)25-20(26)13-4-6-17-15(8-13)19(16(21)10-24-17)14-5-3-12(9-22)7-18(14)27-2/h3-8,10H,1-2H3,(H2,23,25,26). The zero-order valence-corrected chi connectivity index (χ0v) is 15.4. The van der Waals surface area contributed by atoms with Gasteiger partial charge in [0.05, 0.1) is 29.3 Å². The highest BCUT2D eigenvalue weighted by Gasteiger charge is 2.16. The average Bonchev–Trinajstić information content (AvgIpc) is 2.66. The number of carbonyl (C=O) groups is 1. The molecule has 0 spiro atoms. The van der Waals surface area contributed by atoms with Gasteiger partial charge in [0.1, 0.15) is 11.6 Å². The smallest absolute Gasteiger partial charge is 0.278 e. The molecule has 27 heavy (non-hydrogen) atoms. The number of hydrogen-bond donors (Lipinski definition) is 1. The normalized spacial score (nSPS) is 11.3. The first kappa shape index (κ1) is 18.4. The predicted molar refractivity (Wildman–Crippen MR) is 105 cm³/mol. The van der Waals surface area contributed by atoms with Gasteiger partial charge in [-0.05, 0) is 43.3 Å². The zero-order chi connectivity index (χ0) is 19.6. The molecule has 0 bridgehead atoms. The highest BCUT2D eigenvalue weighted by Crippen LogP contribution is 2.39. The van der Waals surface area contributed by atoms with E-state index in [9.17, 15) is 4.79 Å². The fraction of sp³-hybridized carbons (Fsp3) is 0.100. The largest absolute Gasteiger partial charge is 0.496 e. The fourth-order valence-electron chi connectivity index (χ4n) is 2.77. The third-order valence-corrected chi connectivity index (χ3v) is 4.23. The van der Waals surface area contributed by atoms with Gasteiger partial charge < -0.3 is 10.5 Å². The number of ether oxygens (including phenoxy) is 1. The van der Waals surface area contributed by atoms with E-state index in [1.165, 1.54) is 7.11 Å². The van der Waals surface area contributed by atoms with Crippen LogP contribution in [0.3, 0.4) is 0 Å². The van der Waals surface area contributed by atoms with Crippen LogP contribution in [-0.4, -0.2) is 23.8 Å². The molecule has 2 aromatic carbocycles. The maximum Gasteiger partial charge on any atom is 0.278 e. The molecule has 1 amide bonds.